The zero-order valence-electron chi connectivity index (χ0n) is 12.6. The number of hydrogen-bond donors (Lipinski definition) is 1. The van der Waals surface area contributed by atoms with Crippen LogP contribution in [0.3, 0.4) is 0 Å². The molecule has 6 nitrogen and oxygen atoms in total. The molecular weight excluding hydrogens is 316 g/mol. The lowest BCUT2D eigenvalue weighted by Gasteiger charge is -2.15. The lowest BCUT2D eigenvalue weighted by atomic mass is 10.1. The highest BCUT2D eigenvalue weighted by Gasteiger charge is 2.13. The molecule has 122 valence electrons. The third-order valence-electron chi connectivity index (χ3n) is 3.53. The maximum absolute atomic E-state index is 13.3. The summed E-state index contributed by atoms with van der Waals surface area (Å²) < 4.78 is 27.7. The van der Waals surface area contributed by atoms with Crippen molar-refractivity contribution in [2.45, 2.75) is 13.0 Å². The number of nitrogens with zero attached hydrogens (tertiary/aromatic N) is 4. The van der Waals surface area contributed by atoms with E-state index in [4.69, 9.17) is 0 Å². The number of nitrogens with one attached hydrogen (secondary N) is 1. The number of carbonyl (C=O) groups excluding carboxylic acids is 1. The van der Waals surface area contributed by atoms with E-state index in [0.717, 1.165) is 12.1 Å². The first-order valence-electron chi connectivity index (χ1n) is 7.14. The minimum Gasteiger partial charge on any atom is -0.346 e. The average molecular weight is 329 g/mol. The van der Waals surface area contributed by atoms with Crippen LogP contribution >= 0.6 is 0 Å². The van der Waals surface area contributed by atoms with Crippen molar-refractivity contribution in [2.24, 2.45) is 0 Å². The minimum absolute atomic E-state index is 0.324. The van der Waals surface area contributed by atoms with Crippen molar-refractivity contribution in [2.75, 3.05) is 0 Å². The summed E-state index contributed by atoms with van der Waals surface area (Å²) in [7, 11) is 0. The highest BCUT2D eigenvalue weighted by Crippen LogP contribution is 2.17. The number of benzene rings is 2. The third-order valence-corrected chi connectivity index (χ3v) is 3.53. The molecule has 1 amide bonds. The van der Waals surface area contributed by atoms with Crippen LogP contribution < -0.4 is 5.32 Å². The lowest BCUT2D eigenvalue weighted by molar-refractivity contribution is 0.0940. The van der Waals surface area contributed by atoms with E-state index in [9.17, 15) is 13.6 Å². The van der Waals surface area contributed by atoms with Crippen molar-refractivity contribution in [3.63, 3.8) is 0 Å². The first-order valence-corrected chi connectivity index (χ1v) is 7.14. The Bertz CT molecular complexity index is 849. The standard InChI is InChI=1S/C16H13F2N5O/c1-10(12-4-7-14(17)15(18)8-12)20-16(24)11-2-5-13(6-3-11)23-9-19-21-22-23/h2-10H,1H3,(H,20,24)/t10-/m0/s1. The van der Waals surface area contributed by atoms with Gasteiger partial charge in [-0.3, -0.25) is 4.79 Å². The molecule has 0 saturated heterocycles. The van der Waals surface area contributed by atoms with Gasteiger partial charge in [-0.25, -0.2) is 13.5 Å². The van der Waals surface area contributed by atoms with Crippen LogP contribution in [0.15, 0.2) is 48.8 Å². The van der Waals surface area contributed by atoms with E-state index in [0.29, 0.717) is 16.8 Å². The predicted molar refractivity (Wildman–Crippen MR) is 81.4 cm³/mol. The fourth-order valence-electron chi connectivity index (χ4n) is 2.19. The molecule has 2 aromatic carbocycles. The molecule has 0 bridgehead atoms. The number of hydrogen-bond acceptors (Lipinski definition) is 4. The van der Waals surface area contributed by atoms with Gasteiger partial charge in [0.05, 0.1) is 11.7 Å². The Morgan fingerprint density at radius 1 is 1.12 bits per heavy atom. The van der Waals surface area contributed by atoms with Crippen molar-refractivity contribution < 1.29 is 13.6 Å². The third kappa shape index (κ3) is 3.27. The van der Waals surface area contributed by atoms with Crippen LogP contribution in [0.4, 0.5) is 8.78 Å². The molecule has 1 aromatic heterocycles. The summed E-state index contributed by atoms with van der Waals surface area (Å²) in [5, 5.41) is 13.6. The fraction of sp³-hybridized carbons (Fsp3) is 0.125. The summed E-state index contributed by atoms with van der Waals surface area (Å²) in [5.41, 5.74) is 1.62. The maximum Gasteiger partial charge on any atom is 0.251 e. The van der Waals surface area contributed by atoms with Gasteiger partial charge < -0.3 is 5.32 Å². The van der Waals surface area contributed by atoms with Gasteiger partial charge in [-0.2, -0.15) is 0 Å². The molecule has 0 aliphatic heterocycles. The van der Waals surface area contributed by atoms with Gasteiger partial charge in [-0.05, 0) is 59.3 Å². The Labute approximate surface area is 136 Å². The summed E-state index contributed by atoms with van der Waals surface area (Å²) >= 11 is 0. The fourth-order valence-corrected chi connectivity index (χ4v) is 2.19. The monoisotopic (exact) mass is 329 g/mol. The Kier molecular flexibility index (Phi) is 4.28. The number of aromatic nitrogens is 4. The van der Waals surface area contributed by atoms with E-state index < -0.39 is 17.7 Å². The van der Waals surface area contributed by atoms with Gasteiger partial charge in [0, 0.05) is 5.56 Å². The maximum atomic E-state index is 13.3. The molecule has 0 fully saturated rings. The predicted octanol–water partition coefficient (Wildman–Crippen LogP) is 2.43. The van der Waals surface area contributed by atoms with E-state index in [2.05, 4.69) is 20.8 Å². The smallest absolute Gasteiger partial charge is 0.251 e. The van der Waals surface area contributed by atoms with Gasteiger partial charge in [-0.15, -0.1) is 5.10 Å². The van der Waals surface area contributed by atoms with Crippen molar-refractivity contribution in [3.8, 4) is 5.69 Å². The molecule has 24 heavy (non-hydrogen) atoms. The molecule has 1 N–H and O–H groups in total. The SMILES string of the molecule is C[C@H](NC(=O)c1ccc(-n2cnnn2)cc1)c1ccc(F)c(F)c1. The number of amides is 1. The summed E-state index contributed by atoms with van der Waals surface area (Å²) in [6.45, 7) is 1.69. The summed E-state index contributed by atoms with van der Waals surface area (Å²) in [6.07, 6.45) is 1.44. The van der Waals surface area contributed by atoms with E-state index in [-0.39, 0.29) is 5.91 Å². The molecule has 0 unspecified atom stereocenters. The van der Waals surface area contributed by atoms with Gasteiger partial charge in [0.1, 0.15) is 6.33 Å². The second-order valence-corrected chi connectivity index (χ2v) is 5.17. The lowest BCUT2D eigenvalue weighted by Crippen LogP contribution is -2.26. The molecule has 3 aromatic rings. The van der Waals surface area contributed by atoms with E-state index in [1.54, 1.807) is 31.2 Å². The summed E-state index contributed by atoms with van der Waals surface area (Å²) in [4.78, 5) is 12.3. The zero-order chi connectivity index (χ0) is 17.1. The quantitative estimate of drug-likeness (QED) is 0.798. The first-order chi connectivity index (χ1) is 11.5. The number of carbonyl (C=O) groups is 1. The first kappa shape index (κ1) is 15.7. The number of tetrazole rings is 1. The van der Waals surface area contributed by atoms with Gasteiger partial charge in [0.2, 0.25) is 0 Å². The van der Waals surface area contributed by atoms with Gasteiger partial charge in [-0.1, -0.05) is 6.07 Å². The molecule has 0 radical (unpaired) electrons. The Morgan fingerprint density at radius 3 is 2.50 bits per heavy atom. The van der Waals surface area contributed by atoms with Gasteiger partial charge in [0.15, 0.2) is 11.6 Å². The molecule has 0 spiro atoms. The topological polar surface area (TPSA) is 72.7 Å². The van der Waals surface area contributed by atoms with Crippen LogP contribution in [-0.4, -0.2) is 26.1 Å². The van der Waals surface area contributed by atoms with Crippen molar-refractivity contribution in [1.82, 2.24) is 25.5 Å². The van der Waals surface area contributed by atoms with E-state index in [1.165, 1.54) is 17.1 Å². The van der Waals surface area contributed by atoms with E-state index in [1.807, 2.05) is 0 Å². The highest BCUT2D eigenvalue weighted by molar-refractivity contribution is 5.94. The molecule has 0 aliphatic rings. The zero-order valence-corrected chi connectivity index (χ0v) is 12.6. The molecule has 0 saturated carbocycles. The van der Waals surface area contributed by atoms with Gasteiger partial charge >= 0.3 is 0 Å². The van der Waals surface area contributed by atoms with Crippen LogP contribution in [0, 0.1) is 11.6 Å². The van der Waals surface area contributed by atoms with Gasteiger partial charge in [0.25, 0.3) is 5.91 Å². The molecule has 8 heteroatoms. The van der Waals surface area contributed by atoms with Crippen LogP contribution in [0.2, 0.25) is 0 Å². The molecule has 1 heterocycles. The molecular formula is C16H13F2N5O. The molecule has 0 aliphatic carbocycles. The Hall–Kier alpha value is -3.16. The largest absolute Gasteiger partial charge is 0.346 e. The van der Waals surface area contributed by atoms with Crippen LogP contribution in [0.1, 0.15) is 28.9 Å². The normalized spacial score (nSPS) is 12.0. The number of rotatable bonds is 4. The summed E-state index contributed by atoms with van der Waals surface area (Å²) in [6, 6.07) is 9.74. The van der Waals surface area contributed by atoms with Crippen molar-refractivity contribution in [1.29, 1.82) is 0 Å². The second-order valence-electron chi connectivity index (χ2n) is 5.17. The van der Waals surface area contributed by atoms with Crippen LogP contribution in [0.25, 0.3) is 5.69 Å². The molecule has 1 atom stereocenters. The average Bonchev–Trinajstić information content (AvgIpc) is 3.12. The van der Waals surface area contributed by atoms with Crippen LogP contribution in [-0.2, 0) is 0 Å². The Morgan fingerprint density at radius 2 is 1.88 bits per heavy atom. The second kappa shape index (κ2) is 6.53. The van der Waals surface area contributed by atoms with Crippen molar-refractivity contribution >= 4 is 5.91 Å². The van der Waals surface area contributed by atoms with Crippen LogP contribution in [0.5, 0.6) is 0 Å². The summed E-state index contributed by atoms with van der Waals surface area (Å²) in [5.74, 6) is -2.19. The molecule has 3 rings (SSSR count). The van der Waals surface area contributed by atoms with Crippen molar-refractivity contribution in [3.05, 3.63) is 71.6 Å². The minimum atomic E-state index is -0.945. The van der Waals surface area contributed by atoms with E-state index >= 15 is 0 Å². The Balaban J connectivity index is 1.71. The number of halogens is 2. The highest BCUT2D eigenvalue weighted by atomic mass is 19.2.